The van der Waals surface area contributed by atoms with E-state index in [1.807, 2.05) is 0 Å². The zero-order chi connectivity index (χ0) is 9.14. The van der Waals surface area contributed by atoms with E-state index in [2.05, 4.69) is 15.3 Å². The molecule has 0 saturated heterocycles. The van der Waals surface area contributed by atoms with Crippen molar-refractivity contribution in [2.24, 2.45) is 5.73 Å². The molecular weight excluding hydrogens is 160 g/mol. The molecule has 0 aliphatic rings. The molecule has 0 aliphatic heterocycles. The van der Waals surface area contributed by atoms with Gasteiger partial charge < -0.3 is 16.0 Å². The number of nitrogens with zero attached hydrogens (tertiary/aromatic N) is 1. The quantitative estimate of drug-likeness (QED) is 0.520. The average Bonchev–Trinajstić information content (AvgIpc) is 2.50. The molecule has 0 unspecified atom stereocenters. The zero-order valence-electron chi connectivity index (χ0n) is 6.42. The number of hydrogen-bond donors (Lipinski definition) is 3. The normalized spacial score (nSPS) is 9.42. The first-order valence-electron chi connectivity index (χ1n) is 3.22. The summed E-state index contributed by atoms with van der Waals surface area (Å²) in [7, 11) is 1.45. The summed E-state index contributed by atoms with van der Waals surface area (Å²) in [6, 6.07) is 0. The fourth-order valence-electron chi connectivity index (χ4n) is 0.779. The van der Waals surface area contributed by atoms with Gasteiger partial charge in [0.2, 0.25) is 0 Å². The van der Waals surface area contributed by atoms with E-state index in [9.17, 15) is 9.59 Å². The Balaban J connectivity index is 3.07. The van der Waals surface area contributed by atoms with E-state index >= 15 is 0 Å². The molecule has 0 fully saturated rings. The van der Waals surface area contributed by atoms with Gasteiger partial charge in [-0.3, -0.25) is 9.59 Å². The van der Waals surface area contributed by atoms with Gasteiger partial charge in [-0.2, -0.15) is 0 Å². The molecule has 4 N–H and O–H groups in total. The standard InChI is InChI=1S/C6H8N4O2/c1-8-6(12)4-3(5(7)11)9-2-10-4/h2H,1H3,(H2,7,11)(H,8,12)(H,9,10). The van der Waals surface area contributed by atoms with Crippen LogP contribution in [0.2, 0.25) is 0 Å². The van der Waals surface area contributed by atoms with Gasteiger partial charge in [-0.25, -0.2) is 4.98 Å². The molecule has 1 aromatic heterocycles. The second-order valence-corrected chi connectivity index (χ2v) is 2.07. The molecule has 6 heteroatoms. The van der Waals surface area contributed by atoms with Crippen molar-refractivity contribution in [3.05, 3.63) is 17.7 Å². The third-order valence-electron chi connectivity index (χ3n) is 1.33. The van der Waals surface area contributed by atoms with E-state index < -0.39 is 11.8 Å². The summed E-state index contributed by atoms with van der Waals surface area (Å²) in [5.41, 5.74) is 4.99. The number of aromatic nitrogens is 2. The lowest BCUT2D eigenvalue weighted by molar-refractivity contribution is 0.0938. The van der Waals surface area contributed by atoms with Crippen LogP contribution in [0, 0.1) is 0 Å². The summed E-state index contributed by atoms with van der Waals surface area (Å²) in [6.45, 7) is 0. The van der Waals surface area contributed by atoms with Crippen molar-refractivity contribution in [3.63, 3.8) is 0 Å². The maximum absolute atomic E-state index is 11.0. The summed E-state index contributed by atoms with van der Waals surface area (Å²) in [4.78, 5) is 27.8. The van der Waals surface area contributed by atoms with Crippen molar-refractivity contribution in [1.82, 2.24) is 15.3 Å². The molecule has 0 bridgehead atoms. The molecule has 0 radical (unpaired) electrons. The molecule has 1 aromatic rings. The minimum atomic E-state index is -0.727. The first-order chi connectivity index (χ1) is 5.66. The molecule has 6 nitrogen and oxygen atoms in total. The van der Waals surface area contributed by atoms with E-state index in [-0.39, 0.29) is 11.4 Å². The Hall–Kier alpha value is -1.85. The van der Waals surface area contributed by atoms with Crippen molar-refractivity contribution < 1.29 is 9.59 Å². The van der Waals surface area contributed by atoms with Crippen molar-refractivity contribution >= 4 is 11.8 Å². The number of rotatable bonds is 2. The van der Waals surface area contributed by atoms with Crippen LogP contribution in [0.1, 0.15) is 21.0 Å². The SMILES string of the molecule is CNC(=O)c1[nH]cnc1C(N)=O. The van der Waals surface area contributed by atoms with Crippen molar-refractivity contribution in [2.75, 3.05) is 7.05 Å². The minimum Gasteiger partial charge on any atom is -0.364 e. The van der Waals surface area contributed by atoms with Gasteiger partial charge in [0.05, 0.1) is 6.33 Å². The molecule has 0 saturated carbocycles. The van der Waals surface area contributed by atoms with Crippen LogP contribution in [0.15, 0.2) is 6.33 Å². The number of hydrogen-bond acceptors (Lipinski definition) is 3. The van der Waals surface area contributed by atoms with E-state index in [1.54, 1.807) is 0 Å². The summed E-state index contributed by atoms with van der Waals surface area (Å²) < 4.78 is 0. The summed E-state index contributed by atoms with van der Waals surface area (Å²) in [5.74, 6) is -1.14. The van der Waals surface area contributed by atoms with Gasteiger partial charge in [0.25, 0.3) is 11.8 Å². The van der Waals surface area contributed by atoms with Crippen LogP contribution >= 0.6 is 0 Å². The Kier molecular flexibility index (Phi) is 2.09. The fraction of sp³-hybridized carbons (Fsp3) is 0.167. The molecule has 0 aliphatic carbocycles. The van der Waals surface area contributed by atoms with E-state index in [0.29, 0.717) is 0 Å². The van der Waals surface area contributed by atoms with Crippen LogP contribution in [-0.2, 0) is 0 Å². The lowest BCUT2D eigenvalue weighted by Gasteiger charge is -1.96. The lowest BCUT2D eigenvalue weighted by Crippen LogP contribution is -2.23. The van der Waals surface area contributed by atoms with Gasteiger partial charge in [-0.05, 0) is 0 Å². The van der Waals surface area contributed by atoms with Crippen LogP contribution in [0.4, 0.5) is 0 Å². The van der Waals surface area contributed by atoms with Gasteiger partial charge in [0.1, 0.15) is 5.69 Å². The number of carbonyl (C=O) groups is 2. The van der Waals surface area contributed by atoms with Gasteiger partial charge in [0.15, 0.2) is 5.69 Å². The largest absolute Gasteiger partial charge is 0.364 e. The Morgan fingerprint density at radius 3 is 2.83 bits per heavy atom. The maximum atomic E-state index is 11.0. The molecule has 2 amide bonds. The minimum absolute atomic E-state index is 0.0469. The van der Waals surface area contributed by atoms with Crippen LogP contribution in [0.5, 0.6) is 0 Å². The lowest BCUT2D eigenvalue weighted by atomic mass is 10.3. The van der Waals surface area contributed by atoms with Gasteiger partial charge in [-0.15, -0.1) is 0 Å². The first-order valence-corrected chi connectivity index (χ1v) is 3.22. The molecule has 0 atom stereocenters. The van der Waals surface area contributed by atoms with Crippen molar-refractivity contribution in [1.29, 1.82) is 0 Å². The third kappa shape index (κ3) is 1.26. The fourth-order valence-corrected chi connectivity index (χ4v) is 0.779. The summed E-state index contributed by atoms with van der Waals surface area (Å²) in [5, 5.41) is 2.34. The number of amides is 2. The highest BCUT2D eigenvalue weighted by Crippen LogP contribution is 2.00. The smallest absolute Gasteiger partial charge is 0.269 e. The predicted molar refractivity (Wildman–Crippen MR) is 40.5 cm³/mol. The first kappa shape index (κ1) is 8.25. The van der Waals surface area contributed by atoms with E-state index in [0.717, 1.165) is 0 Å². The van der Waals surface area contributed by atoms with E-state index in [1.165, 1.54) is 13.4 Å². The number of primary amides is 1. The van der Waals surface area contributed by atoms with E-state index in [4.69, 9.17) is 5.73 Å². The molecule has 12 heavy (non-hydrogen) atoms. The molecule has 1 heterocycles. The number of carbonyl (C=O) groups excluding carboxylic acids is 2. The number of nitrogens with two attached hydrogens (primary N) is 1. The monoisotopic (exact) mass is 168 g/mol. The maximum Gasteiger partial charge on any atom is 0.269 e. The predicted octanol–water partition coefficient (Wildman–Crippen LogP) is -1.13. The molecule has 1 rings (SSSR count). The van der Waals surface area contributed by atoms with Crippen LogP contribution in [-0.4, -0.2) is 28.8 Å². The summed E-state index contributed by atoms with van der Waals surface area (Å²) in [6.07, 6.45) is 1.24. The Labute approximate surface area is 68.2 Å². The van der Waals surface area contributed by atoms with Gasteiger partial charge in [0, 0.05) is 7.05 Å². The number of aromatic amines is 1. The van der Waals surface area contributed by atoms with Crippen molar-refractivity contribution in [3.8, 4) is 0 Å². The van der Waals surface area contributed by atoms with Crippen molar-refractivity contribution in [2.45, 2.75) is 0 Å². The highest BCUT2D eigenvalue weighted by atomic mass is 16.2. The Morgan fingerprint density at radius 1 is 1.67 bits per heavy atom. The second-order valence-electron chi connectivity index (χ2n) is 2.07. The molecular formula is C6H8N4O2. The molecule has 0 aromatic carbocycles. The number of nitrogens with one attached hydrogen (secondary N) is 2. The topological polar surface area (TPSA) is 101 Å². The van der Waals surface area contributed by atoms with Gasteiger partial charge >= 0.3 is 0 Å². The van der Waals surface area contributed by atoms with Crippen LogP contribution < -0.4 is 11.1 Å². The molecule has 0 spiro atoms. The molecule has 64 valence electrons. The highest BCUT2D eigenvalue weighted by Gasteiger charge is 2.16. The average molecular weight is 168 g/mol. The second kappa shape index (κ2) is 3.04. The highest BCUT2D eigenvalue weighted by molar-refractivity contribution is 6.03. The van der Waals surface area contributed by atoms with Crippen LogP contribution in [0.3, 0.4) is 0 Å². The number of imidazole rings is 1. The number of H-pyrrole nitrogens is 1. The third-order valence-corrected chi connectivity index (χ3v) is 1.33. The Bertz CT molecular complexity index is 317. The summed E-state index contributed by atoms with van der Waals surface area (Å²) >= 11 is 0. The Morgan fingerprint density at radius 2 is 2.33 bits per heavy atom. The zero-order valence-corrected chi connectivity index (χ0v) is 6.42. The van der Waals surface area contributed by atoms with Crippen LogP contribution in [0.25, 0.3) is 0 Å². The van der Waals surface area contributed by atoms with Gasteiger partial charge in [-0.1, -0.05) is 0 Å².